The van der Waals surface area contributed by atoms with Gasteiger partial charge in [-0.3, -0.25) is 9.59 Å². The molecule has 196 valence electrons. The number of ether oxygens (including phenoxy) is 2. The maximum Gasteiger partial charge on any atom is 0.319 e. The van der Waals surface area contributed by atoms with Crippen LogP contribution in [0.4, 0.5) is 0 Å². The maximum absolute atomic E-state index is 13.0. The molecule has 0 radical (unpaired) electrons. The molecule has 0 bridgehead atoms. The average molecular weight is 493 g/mol. The van der Waals surface area contributed by atoms with E-state index in [9.17, 15) is 9.59 Å². The van der Waals surface area contributed by atoms with Gasteiger partial charge in [0.2, 0.25) is 0 Å². The van der Waals surface area contributed by atoms with E-state index in [0.29, 0.717) is 37.5 Å². The zero-order chi connectivity index (χ0) is 26.5. The molecule has 0 N–H and O–H groups in total. The van der Waals surface area contributed by atoms with Crippen LogP contribution in [0.25, 0.3) is 0 Å². The highest BCUT2D eigenvalue weighted by Crippen LogP contribution is 2.45. The number of rotatable bonds is 11. The fraction of sp³-hybridized carbons (Fsp3) is 0.562. The van der Waals surface area contributed by atoms with Crippen molar-refractivity contribution >= 4 is 11.9 Å². The lowest BCUT2D eigenvalue weighted by Gasteiger charge is -2.23. The molecule has 2 aromatic carbocycles. The number of fused-ring (bicyclic) bond motifs is 1. The molecule has 1 heterocycles. The number of hydrogen-bond donors (Lipinski definition) is 0. The molecule has 4 heteroatoms. The van der Waals surface area contributed by atoms with Crippen molar-refractivity contribution in [2.45, 2.75) is 105 Å². The van der Waals surface area contributed by atoms with Crippen molar-refractivity contribution in [1.29, 1.82) is 0 Å². The third kappa shape index (κ3) is 6.78. The highest BCUT2D eigenvalue weighted by Gasteiger charge is 2.38. The van der Waals surface area contributed by atoms with Crippen LogP contribution >= 0.6 is 0 Å². The van der Waals surface area contributed by atoms with E-state index in [1.165, 1.54) is 23.1 Å². The number of carbonyl (C=O) groups excluding carboxylic acids is 2. The second-order valence-electron chi connectivity index (χ2n) is 11.4. The Morgan fingerprint density at radius 3 is 2.56 bits per heavy atom. The predicted octanol–water partition coefficient (Wildman–Crippen LogP) is 7.54. The highest BCUT2D eigenvalue weighted by atomic mass is 16.5. The minimum atomic E-state index is -0.336. The van der Waals surface area contributed by atoms with Gasteiger partial charge in [-0.05, 0) is 66.7 Å². The fourth-order valence-corrected chi connectivity index (χ4v) is 4.96. The van der Waals surface area contributed by atoms with Gasteiger partial charge >= 0.3 is 11.9 Å². The van der Waals surface area contributed by atoms with Gasteiger partial charge in [0.1, 0.15) is 5.75 Å². The van der Waals surface area contributed by atoms with E-state index in [-0.39, 0.29) is 23.3 Å². The molecule has 0 aliphatic carbocycles. The van der Waals surface area contributed by atoms with Crippen LogP contribution in [0, 0.1) is 19.8 Å². The summed E-state index contributed by atoms with van der Waals surface area (Å²) < 4.78 is 11.5. The molecule has 0 amide bonds. The van der Waals surface area contributed by atoms with Crippen molar-refractivity contribution in [1.82, 2.24) is 0 Å². The van der Waals surface area contributed by atoms with Crippen LogP contribution < -0.4 is 4.74 Å². The Hall–Kier alpha value is -2.62. The maximum atomic E-state index is 13.0. The lowest BCUT2D eigenvalue weighted by Crippen LogP contribution is -2.15. The lowest BCUT2D eigenvalue weighted by atomic mass is 9.81. The van der Waals surface area contributed by atoms with Crippen molar-refractivity contribution in [3.8, 4) is 5.75 Å². The molecule has 2 atom stereocenters. The largest absolute Gasteiger partial charge is 0.465 e. The molecular weight excluding hydrogens is 448 g/mol. The molecule has 0 saturated carbocycles. The molecule has 0 saturated heterocycles. The molecule has 4 nitrogen and oxygen atoms in total. The van der Waals surface area contributed by atoms with Crippen molar-refractivity contribution in [2.75, 3.05) is 6.61 Å². The first-order valence-electron chi connectivity index (χ1n) is 13.6. The summed E-state index contributed by atoms with van der Waals surface area (Å²) in [6, 6.07) is 10.4. The Morgan fingerprint density at radius 2 is 1.89 bits per heavy atom. The standard InChI is InChI=1S/C32H44O4/c1-8-10-13-23(9-2)20-35-29(33)16-15-24-17-26-27(19-25-14-11-12-21(3)22(25)4)31(34)36-30(26)28(18-24)32(5,6)7/h11-12,14,17-18,23,27H,8-10,13,15-16,19-20H2,1-7H3. The van der Waals surface area contributed by atoms with E-state index in [1.54, 1.807) is 0 Å². The predicted molar refractivity (Wildman–Crippen MR) is 146 cm³/mol. The van der Waals surface area contributed by atoms with Gasteiger partial charge < -0.3 is 9.47 Å². The second-order valence-corrected chi connectivity index (χ2v) is 11.4. The van der Waals surface area contributed by atoms with Gasteiger partial charge in [-0.2, -0.15) is 0 Å². The molecule has 1 aliphatic rings. The van der Waals surface area contributed by atoms with Gasteiger partial charge in [0, 0.05) is 17.5 Å². The molecule has 36 heavy (non-hydrogen) atoms. The summed E-state index contributed by atoms with van der Waals surface area (Å²) in [5, 5.41) is 0. The summed E-state index contributed by atoms with van der Waals surface area (Å²) in [5.74, 6) is 0.469. The van der Waals surface area contributed by atoms with Crippen molar-refractivity contribution in [3.05, 3.63) is 63.7 Å². The zero-order valence-corrected chi connectivity index (χ0v) is 23.3. The quantitative estimate of drug-likeness (QED) is 0.240. The zero-order valence-electron chi connectivity index (χ0n) is 23.3. The Kier molecular flexibility index (Phi) is 9.38. The van der Waals surface area contributed by atoms with Gasteiger partial charge in [0.15, 0.2) is 0 Å². The van der Waals surface area contributed by atoms with E-state index in [1.807, 2.05) is 6.07 Å². The van der Waals surface area contributed by atoms with Crippen LogP contribution in [0.1, 0.15) is 106 Å². The van der Waals surface area contributed by atoms with E-state index in [2.05, 4.69) is 72.7 Å². The number of carbonyl (C=O) groups is 2. The van der Waals surface area contributed by atoms with Crippen LogP contribution in [-0.4, -0.2) is 18.5 Å². The monoisotopic (exact) mass is 492 g/mol. The number of esters is 2. The molecule has 0 aromatic heterocycles. The van der Waals surface area contributed by atoms with E-state index >= 15 is 0 Å². The first-order chi connectivity index (χ1) is 17.0. The third-order valence-corrected chi connectivity index (χ3v) is 7.63. The lowest BCUT2D eigenvalue weighted by molar-refractivity contribution is -0.145. The summed E-state index contributed by atoms with van der Waals surface area (Å²) in [4.78, 5) is 25.6. The Bertz CT molecular complexity index is 1080. The molecule has 3 rings (SSSR count). The molecule has 1 aliphatic heterocycles. The van der Waals surface area contributed by atoms with Gasteiger partial charge in [-0.25, -0.2) is 0 Å². The molecule has 0 fully saturated rings. The van der Waals surface area contributed by atoms with Crippen molar-refractivity contribution < 1.29 is 19.1 Å². The van der Waals surface area contributed by atoms with Gasteiger partial charge in [0.25, 0.3) is 0 Å². The van der Waals surface area contributed by atoms with E-state index < -0.39 is 0 Å². The van der Waals surface area contributed by atoms with E-state index in [0.717, 1.165) is 36.0 Å². The molecule has 0 spiro atoms. The van der Waals surface area contributed by atoms with Gasteiger partial charge in [-0.1, -0.05) is 84.2 Å². The Morgan fingerprint density at radius 1 is 1.14 bits per heavy atom. The number of unbranched alkanes of at least 4 members (excludes halogenated alkanes) is 1. The second kappa shape index (κ2) is 12.1. The van der Waals surface area contributed by atoms with Crippen LogP contribution in [0.3, 0.4) is 0 Å². The van der Waals surface area contributed by atoms with Crippen LogP contribution in [-0.2, 0) is 32.6 Å². The van der Waals surface area contributed by atoms with Crippen LogP contribution in [0.15, 0.2) is 30.3 Å². The van der Waals surface area contributed by atoms with Gasteiger partial charge in [-0.15, -0.1) is 0 Å². The SMILES string of the molecule is CCCCC(CC)COC(=O)CCc1cc2c(c(C(C)(C)C)c1)OC(=O)C2Cc1cccc(C)c1C. The van der Waals surface area contributed by atoms with Crippen LogP contribution in [0.5, 0.6) is 5.75 Å². The van der Waals surface area contributed by atoms with Crippen molar-refractivity contribution in [2.24, 2.45) is 5.92 Å². The summed E-state index contributed by atoms with van der Waals surface area (Å²) in [6.07, 6.45) is 6.01. The Balaban J connectivity index is 1.79. The number of aryl methyl sites for hydroxylation is 2. The summed E-state index contributed by atoms with van der Waals surface area (Å²) >= 11 is 0. The minimum absolute atomic E-state index is 0.151. The third-order valence-electron chi connectivity index (χ3n) is 7.63. The summed E-state index contributed by atoms with van der Waals surface area (Å²) in [5.41, 5.74) is 6.44. The smallest absolute Gasteiger partial charge is 0.319 e. The molecule has 2 unspecified atom stereocenters. The number of benzene rings is 2. The topological polar surface area (TPSA) is 52.6 Å². The summed E-state index contributed by atoms with van der Waals surface area (Å²) in [6.45, 7) is 15.5. The molecular formula is C32H44O4. The fourth-order valence-electron chi connectivity index (χ4n) is 4.96. The first-order valence-corrected chi connectivity index (χ1v) is 13.6. The van der Waals surface area contributed by atoms with Crippen LogP contribution in [0.2, 0.25) is 0 Å². The minimum Gasteiger partial charge on any atom is -0.465 e. The average Bonchev–Trinajstić information content (AvgIpc) is 3.14. The summed E-state index contributed by atoms with van der Waals surface area (Å²) in [7, 11) is 0. The Labute approximate surface area is 217 Å². The first kappa shape index (κ1) is 28.0. The van der Waals surface area contributed by atoms with Gasteiger partial charge in [0.05, 0.1) is 12.5 Å². The number of hydrogen-bond acceptors (Lipinski definition) is 4. The normalized spacial score (nSPS) is 16.0. The van der Waals surface area contributed by atoms with Crippen molar-refractivity contribution in [3.63, 3.8) is 0 Å². The molecule has 2 aromatic rings. The van der Waals surface area contributed by atoms with E-state index in [4.69, 9.17) is 9.47 Å². The highest BCUT2D eigenvalue weighted by molar-refractivity contribution is 5.87.